The zero-order valence-electron chi connectivity index (χ0n) is 21.2. The largest absolute Gasteiger partial charge is 0.481 e. The number of aromatic nitrogens is 2. The number of carboxylic acids is 1. The number of benzene rings is 2. The summed E-state index contributed by atoms with van der Waals surface area (Å²) >= 11 is 1.66. The first kappa shape index (κ1) is 27.6. The van der Waals surface area contributed by atoms with Gasteiger partial charge in [-0.1, -0.05) is 32.0 Å². The maximum atomic E-state index is 13.1. The van der Waals surface area contributed by atoms with Crippen molar-refractivity contribution in [1.82, 2.24) is 9.55 Å². The maximum Gasteiger partial charge on any atom is 0.416 e. The zero-order chi connectivity index (χ0) is 27.4. The molecule has 0 saturated heterocycles. The Kier molecular flexibility index (Phi) is 8.35. The first-order chi connectivity index (χ1) is 18.1. The molecule has 0 saturated carbocycles. The van der Waals surface area contributed by atoms with Crippen molar-refractivity contribution in [3.05, 3.63) is 87.4 Å². The number of fused-ring (bicyclic) bond motifs is 1. The second kappa shape index (κ2) is 11.5. The van der Waals surface area contributed by atoms with Crippen molar-refractivity contribution >= 4 is 34.1 Å². The zero-order valence-corrected chi connectivity index (χ0v) is 22.0. The van der Waals surface area contributed by atoms with Crippen molar-refractivity contribution in [2.75, 3.05) is 0 Å². The molecule has 200 valence electrons. The van der Waals surface area contributed by atoms with E-state index in [1.54, 1.807) is 23.5 Å². The highest BCUT2D eigenvalue weighted by Gasteiger charge is 2.30. The Hall–Kier alpha value is -3.46. The summed E-state index contributed by atoms with van der Waals surface area (Å²) < 4.78 is 40.8. The molecule has 4 rings (SSSR count). The van der Waals surface area contributed by atoms with Crippen LogP contribution in [0.1, 0.15) is 71.3 Å². The molecule has 1 unspecified atom stereocenters. The van der Waals surface area contributed by atoms with Crippen molar-refractivity contribution < 1.29 is 27.9 Å². The molecule has 5 nitrogen and oxygen atoms in total. The molecule has 4 aromatic rings. The van der Waals surface area contributed by atoms with Gasteiger partial charge in [-0.3, -0.25) is 9.59 Å². The monoisotopic (exact) mass is 542 g/mol. The van der Waals surface area contributed by atoms with Crippen LogP contribution in [0.25, 0.3) is 11.0 Å². The van der Waals surface area contributed by atoms with Gasteiger partial charge in [-0.15, -0.1) is 11.3 Å². The summed E-state index contributed by atoms with van der Waals surface area (Å²) in [6, 6.07) is 14.0. The molecular formula is C29H29F3N2O3S. The highest BCUT2D eigenvalue weighted by atomic mass is 32.1. The van der Waals surface area contributed by atoms with Gasteiger partial charge in [0.05, 0.1) is 22.5 Å². The van der Waals surface area contributed by atoms with E-state index in [4.69, 9.17) is 4.98 Å². The van der Waals surface area contributed by atoms with Gasteiger partial charge in [0.25, 0.3) is 0 Å². The SMILES string of the molecule is CCC(CC)n1c(Cc2cccs2)nc2cc(C(=O)CC(Cc3ccc(C(F)(F)F)cc3)C(=O)O)ccc21. The van der Waals surface area contributed by atoms with Gasteiger partial charge in [-0.05, 0) is 66.6 Å². The van der Waals surface area contributed by atoms with Crippen molar-refractivity contribution in [2.24, 2.45) is 5.92 Å². The Morgan fingerprint density at radius 1 is 1.05 bits per heavy atom. The van der Waals surface area contributed by atoms with Crippen LogP contribution in [0.15, 0.2) is 60.0 Å². The Bertz CT molecular complexity index is 1410. The topological polar surface area (TPSA) is 72.2 Å². The predicted octanol–water partition coefficient (Wildman–Crippen LogP) is 7.58. The van der Waals surface area contributed by atoms with Crippen LogP contribution in [0.2, 0.25) is 0 Å². The van der Waals surface area contributed by atoms with E-state index in [0.29, 0.717) is 23.1 Å². The minimum atomic E-state index is -4.47. The van der Waals surface area contributed by atoms with Crippen LogP contribution in [-0.2, 0) is 23.8 Å². The van der Waals surface area contributed by atoms with E-state index in [1.807, 2.05) is 17.5 Å². The lowest BCUT2D eigenvalue weighted by atomic mass is 9.91. The van der Waals surface area contributed by atoms with E-state index in [1.165, 1.54) is 17.0 Å². The fourth-order valence-electron chi connectivity index (χ4n) is 4.78. The average Bonchev–Trinajstić information content (AvgIpc) is 3.52. The minimum absolute atomic E-state index is 0.0459. The van der Waals surface area contributed by atoms with Gasteiger partial charge in [0, 0.05) is 29.3 Å². The molecule has 2 aromatic heterocycles. The number of carbonyl (C=O) groups excluding carboxylic acids is 1. The molecule has 0 fully saturated rings. The highest BCUT2D eigenvalue weighted by Crippen LogP contribution is 2.31. The second-order valence-corrected chi connectivity index (χ2v) is 10.4. The predicted molar refractivity (Wildman–Crippen MR) is 142 cm³/mol. The van der Waals surface area contributed by atoms with Gasteiger partial charge < -0.3 is 9.67 Å². The number of rotatable bonds is 11. The third-order valence-corrected chi connectivity index (χ3v) is 7.73. The first-order valence-corrected chi connectivity index (χ1v) is 13.4. The van der Waals surface area contributed by atoms with Crippen LogP contribution in [0, 0.1) is 5.92 Å². The molecule has 1 N–H and O–H groups in total. The summed E-state index contributed by atoms with van der Waals surface area (Å²) in [6.45, 7) is 4.27. The van der Waals surface area contributed by atoms with E-state index in [9.17, 15) is 27.9 Å². The maximum absolute atomic E-state index is 13.1. The van der Waals surface area contributed by atoms with Gasteiger partial charge in [0.2, 0.25) is 0 Å². The number of ketones is 1. The van der Waals surface area contributed by atoms with Gasteiger partial charge >= 0.3 is 12.1 Å². The molecule has 0 bridgehead atoms. The molecule has 0 aliphatic heterocycles. The summed E-state index contributed by atoms with van der Waals surface area (Å²) in [7, 11) is 0. The number of imidazole rings is 1. The Balaban J connectivity index is 1.58. The number of nitrogens with zero attached hydrogens (tertiary/aromatic N) is 2. The van der Waals surface area contributed by atoms with E-state index in [2.05, 4.69) is 24.5 Å². The van der Waals surface area contributed by atoms with Gasteiger partial charge in [-0.25, -0.2) is 4.98 Å². The summed E-state index contributed by atoms with van der Waals surface area (Å²) in [5.74, 6) is -1.66. The molecule has 1 atom stereocenters. The van der Waals surface area contributed by atoms with Gasteiger partial charge in [0.15, 0.2) is 5.78 Å². The van der Waals surface area contributed by atoms with Gasteiger partial charge in [-0.2, -0.15) is 13.2 Å². The molecule has 2 aromatic carbocycles. The molecule has 0 aliphatic carbocycles. The van der Waals surface area contributed by atoms with E-state index in [-0.39, 0.29) is 24.7 Å². The van der Waals surface area contributed by atoms with Crippen LogP contribution in [0.3, 0.4) is 0 Å². The summed E-state index contributed by atoms with van der Waals surface area (Å²) in [4.78, 5) is 31.1. The summed E-state index contributed by atoms with van der Waals surface area (Å²) in [5.41, 5.74) is 1.61. The van der Waals surface area contributed by atoms with Crippen molar-refractivity contribution in [3.63, 3.8) is 0 Å². The average molecular weight is 543 g/mol. The number of thiophene rings is 1. The smallest absolute Gasteiger partial charge is 0.416 e. The Morgan fingerprint density at radius 3 is 2.34 bits per heavy atom. The lowest BCUT2D eigenvalue weighted by molar-refractivity contribution is -0.141. The number of hydrogen-bond donors (Lipinski definition) is 1. The molecule has 38 heavy (non-hydrogen) atoms. The number of halogens is 3. The number of carboxylic acid groups (broad SMARTS) is 1. The van der Waals surface area contributed by atoms with Gasteiger partial charge in [0.1, 0.15) is 5.82 Å². The van der Waals surface area contributed by atoms with E-state index < -0.39 is 23.6 Å². The van der Waals surface area contributed by atoms with Crippen LogP contribution in [0.4, 0.5) is 13.2 Å². The first-order valence-electron chi connectivity index (χ1n) is 12.6. The van der Waals surface area contributed by atoms with E-state index in [0.717, 1.165) is 36.3 Å². The van der Waals surface area contributed by atoms with Crippen LogP contribution in [0.5, 0.6) is 0 Å². The quantitative estimate of drug-likeness (QED) is 0.198. The van der Waals surface area contributed by atoms with Crippen molar-refractivity contribution in [2.45, 2.75) is 58.2 Å². The van der Waals surface area contributed by atoms with Crippen molar-refractivity contribution in [1.29, 1.82) is 0 Å². The van der Waals surface area contributed by atoms with Crippen LogP contribution >= 0.6 is 11.3 Å². The highest BCUT2D eigenvalue weighted by molar-refractivity contribution is 7.09. The number of aliphatic carboxylic acids is 1. The molecule has 0 radical (unpaired) electrons. The van der Waals surface area contributed by atoms with Crippen molar-refractivity contribution in [3.8, 4) is 0 Å². The molecule has 9 heteroatoms. The Morgan fingerprint density at radius 2 is 1.76 bits per heavy atom. The Labute approximate surface area is 222 Å². The summed E-state index contributed by atoms with van der Waals surface area (Å²) in [5, 5.41) is 11.7. The fraction of sp³-hybridized carbons (Fsp3) is 0.345. The number of carbonyl (C=O) groups is 2. The fourth-order valence-corrected chi connectivity index (χ4v) is 5.48. The third kappa shape index (κ3) is 6.15. The van der Waals surface area contributed by atoms with Crippen LogP contribution < -0.4 is 0 Å². The normalized spacial score (nSPS) is 12.8. The molecule has 0 spiro atoms. The lowest BCUT2D eigenvalue weighted by Gasteiger charge is -2.19. The molecule has 2 heterocycles. The molecule has 0 aliphatic rings. The van der Waals surface area contributed by atoms with Crippen LogP contribution in [-0.4, -0.2) is 26.4 Å². The second-order valence-electron chi connectivity index (χ2n) is 9.39. The standard InChI is InChI=1S/C29H29F3N2O3S/c1-3-22(4-2)34-25-12-9-19(15-24(25)33-27(34)17-23-6-5-13-38-23)26(35)16-20(28(36)37)14-18-7-10-21(11-8-18)29(30,31)32/h5-13,15,20,22H,3-4,14,16-17H2,1-2H3,(H,36,37). The summed E-state index contributed by atoms with van der Waals surface area (Å²) in [6.07, 6.45) is -2.23. The van der Waals surface area contributed by atoms with E-state index >= 15 is 0 Å². The number of Topliss-reactive ketones (excluding diaryl/α,β-unsaturated/α-hetero) is 1. The number of hydrogen-bond acceptors (Lipinski definition) is 4. The number of alkyl halides is 3. The molecular weight excluding hydrogens is 513 g/mol. The lowest BCUT2D eigenvalue weighted by Crippen LogP contribution is -2.20. The molecule has 0 amide bonds. The third-order valence-electron chi connectivity index (χ3n) is 6.85. The minimum Gasteiger partial charge on any atom is -0.481 e.